The molecule has 2 aliphatic rings. The quantitative estimate of drug-likeness (QED) is 0.803. The summed E-state index contributed by atoms with van der Waals surface area (Å²) in [6.07, 6.45) is 6.19. The van der Waals surface area contributed by atoms with Gasteiger partial charge in [0.1, 0.15) is 0 Å². The van der Waals surface area contributed by atoms with Crippen molar-refractivity contribution in [2.24, 2.45) is 11.8 Å². The van der Waals surface area contributed by atoms with Crippen LogP contribution >= 0.6 is 0 Å². The number of rotatable bonds is 6. The molecular formula is C16H26N2O4. The van der Waals surface area contributed by atoms with Gasteiger partial charge in [0.05, 0.1) is 12.5 Å². The molecule has 0 aromatic carbocycles. The first kappa shape index (κ1) is 16.8. The second-order valence-electron chi connectivity index (χ2n) is 6.58. The monoisotopic (exact) mass is 310 g/mol. The zero-order valence-corrected chi connectivity index (χ0v) is 13.3. The molecule has 1 aliphatic carbocycles. The third-order valence-corrected chi connectivity index (χ3v) is 4.99. The Labute approximate surface area is 131 Å². The number of carbonyl (C=O) groups excluding carboxylic acids is 2. The van der Waals surface area contributed by atoms with E-state index in [-0.39, 0.29) is 24.3 Å². The lowest BCUT2D eigenvalue weighted by molar-refractivity contribution is -0.146. The van der Waals surface area contributed by atoms with Crippen molar-refractivity contribution >= 4 is 17.8 Å². The summed E-state index contributed by atoms with van der Waals surface area (Å²) in [6.45, 7) is 1.04. The third-order valence-electron chi connectivity index (χ3n) is 4.99. The van der Waals surface area contributed by atoms with E-state index in [9.17, 15) is 14.4 Å². The van der Waals surface area contributed by atoms with E-state index in [1.165, 1.54) is 24.2 Å². The third kappa shape index (κ3) is 4.45. The Morgan fingerprint density at radius 3 is 2.27 bits per heavy atom. The van der Waals surface area contributed by atoms with Crippen molar-refractivity contribution in [3.05, 3.63) is 0 Å². The summed E-state index contributed by atoms with van der Waals surface area (Å²) in [7, 11) is 1.67. The maximum atomic E-state index is 12.2. The summed E-state index contributed by atoms with van der Waals surface area (Å²) >= 11 is 0. The maximum Gasteiger partial charge on any atom is 0.306 e. The van der Waals surface area contributed by atoms with Crippen LogP contribution in [-0.2, 0) is 14.4 Å². The highest BCUT2D eigenvalue weighted by Gasteiger charge is 2.28. The van der Waals surface area contributed by atoms with Crippen LogP contribution in [0, 0.1) is 11.8 Å². The highest BCUT2D eigenvalue weighted by molar-refractivity contribution is 5.84. The highest BCUT2D eigenvalue weighted by Crippen LogP contribution is 2.30. The predicted molar refractivity (Wildman–Crippen MR) is 81.2 cm³/mol. The Morgan fingerprint density at radius 1 is 1.14 bits per heavy atom. The van der Waals surface area contributed by atoms with Crippen molar-refractivity contribution in [3.8, 4) is 0 Å². The van der Waals surface area contributed by atoms with Crippen molar-refractivity contribution in [3.63, 3.8) is 0 Å². The smallest absolute Gasteiger partial charge is 0.306 e. The van der Waals surface area contributed by atoms with E-state index in [0.29, 0.717) is 38.3 Å². The van der Waals surface area contributed by atoms with Gasteiger partial charge in [-0.25, -0.2) is 0 Å². The molecule has 1 saturated heterocycles. The summed E-state index contributed by atoms with van der Waals surface area (Å²) in [5.41, 5.74) is 0. The van der Waals surface area contributed by atoms with Crippen LogP contribution in [0.5, 0.6) is 0 Å². The lowest BCUT2D eigenvalue weighted by atomic mass is 9.82. The molecule has 1 heterocycles. The number of likely N-dealkylation sites (N-methyl/N-ethyl adjacent to an activating group) is 1. The van der Waals surface area contributed by atoms with Gasteiger partial charge in [-0.05, 0) is 25.2 Å². The fraction of sp³-hybridized carbons (Fsp3) is 0.812. The molecule has 1 saturated carbocycles. The van der Waals surface area contributed by atoms with E-state index in [1.54, 1.807) is 11.9 Å². The summed E-state index contributed by atoms with van der Waals surface area (Å²) in [5, 5.41) is 8.95. The molecule has 1 N–H and O–H groups in total. The van der Waals surface area contributed by atoms with Gasteiger partial charge >= 0.3 is 5.97 Å². The highest BCUT2D eigenvalue weighted by atomic mass is 16.4. The number of carboxylic acid groups (broad SMARTS) is 1. The molecule has 0 radical (unpaired) electrons. The largest absolute Gasteiger partial charge is 0.481 e. The van der Waals surface area contributed by atoms with Crippen LogP contribution in [0.4, 0.5) is 0 Å². The van der Waals surface area contributed by atoms with E-state index in [4.69, 9.17) is 5.11 Å². The molecule has 0 aromatic heterocycles. The van der Waals surface area contributed by atoms with Gasteiger partial charge in [0.2, 0.25) is 11.8 Å². The molecule has 0 unspecified atom stereocenters. The second-order valence-corrected chi connectivity index (χ2v) is 6.58. The number of piperidine rings is 1. The molecule has 0 bridgehead atoms. The van der Waals surface area contributed by atoms with Crippen LogP contribution in [0.3, 0.4) is 0 Å². The first-order chi connectivity index (χ1) is 10.5. The minimum Gasteiger partial charge on any atom is -0.481 e. The van der Waals surface area contributed by atoms with Crippen molar-refractivity contribution < 1.29 is 19.5 Å². The van der Waals surface area contributed by atoms with Crippen LogP contribution in [0.1, 0.15) is 44.9 Å². The Bertz CT molecular complexity index is 426. The number of carbonyl (C=O) groups is 3. The van der Waals surface area contributed by atoms with Crippen molar-refractivity contribution in [2.75, 3.05) is 26.7 Å². The van der Waals surface area contributed by atoms with E-state index in [0.717, 1.165) is 6.42 Å². The van der Waals surface area contributed by atoms with E-state index in [1.807, 2.05) is 0 Å². The number of hydrogen-bond donors (Lipinski definition) is 1. The molecule has 2 amide bonds. The summed E-state index contributed by atoms with van der Waals surface area (Å²) in [6, 6.07) is 0. The van der Waals surface area contributed by atoms with Gasteiger partial charge in [-0.15, -0.1) is 0 Å². The van der Waals surface area contributed by atoms with Gasteiger partial charge in [-0.3, -0.25) is 14.4 Å². The topological polar surface area (TPSA) is 77.9 Å². The number of amides is 2. The van der Waals surface area contributed by atoms with Crippen LogP contribution in [-0.4, -0.2) is 59.4 Å². The lowest BCUT2D eigenvalue weighted by Gasteiger charge is -2.31. The minimum atomic E-state index is -0.782. The minimum absolute atomic E-state index is 0.0284. The SMILES string of the molecule is CN(CC(=O)N1CCC(C(=O)O)CC1)C(=O)CCC1CCC1. The number of nitrogens with zero attached hydrogens (tertiary/aromatic N) is 2. The fourth-order valence-electron chi connectivity index (χ4n) is 3.07. The van der Waals surface area contributed by atoms with E-state index >= 15 is 0 Å². The number of carboxylic acids is 1. The van der Waals surface area contributed by atoms with Gasteiger partial charge in [-0.1, -0.05) is 19.3 Å². The standard InChI is InChI=1S/C16H26N2O4/c1-17(14(19)6-5-12-3-2-4-12)11-15(20)18-9-7-13(8-10-18)16(21)22/h12-13H,2-11H2,1H3,(H,21,22). The molecule has 124 valence electrons. The van der Waals surface area contributed by atoms with Crippen LogP contribution < -0.4 is 0 Å². The van der Waals surface area contributed by atoms with Crippen LogP contribution in [0.15, 0.2) is 0 Å². The van der Waals surface area contributed by atoms with E-state index in [2.05, 4.69) is 0 Å². The van der Waals surface area contributed by atoms with Crippen molar-refractivity contribution in [1.29, 1.82) is 0 Å². The summed E-state index contributed by atoms with van der Waals surface area (Å²) in [4.78, 5) is 38.3. The first-order valence-corrected chi connectivity index (χ1v) is 8.22. The average Bonchev–Trinajstić information content (AvgIpc) is 2.45. The molecule has 0 atom stereocenters. The molecule has 2 rings (SSSR count). The molecule has 0 aromatic rings. The first-order valence-electron chi connectivity index (χ1n) is 8.22. The average molecular weight is 310 g/mol. The number of hydrogen-bond acceptors (Lipinski definition) is 3. The molecule has 6 nitrogen and oxygen atoms in total. The molecule has 0 spiro atoms. The summed E-state index contributed by atoms with van der Waals surface area (Å²) in [5.74, 6) is -0.478. The molecule has 2 fully saturated rings. The van der Waals surface area contributed by atoms with Crippen LogP contribution in [0.25, 0.3) is 0 Å². The van der Waals surface area contributed by atoms with Gasteiger partial charge in [0, 0.05) is 26.6 Å². The van der Waals surface area contributed by atoms with Gasteiger partial charge in [0.25, 0.3) is 0 Å². The van der Waals surface area contributed by atoms with Crippen molar-refractivity contribution in [1.82, 2.24) is 9.80 Å². The lowest BCUT2D eigenvalue weighted by Crippen LogP contribution is -2.45. The Kier molecular flexibility index (Phi) is 5.80. The summed E-state index contributed by atoms with van der Waals surface area (Å²) < 4.78 is 0. The zero-order chi connectivity index (χ0) is 16.1. The van der Waals surface area contributed by atoms with Crippen molar-refractivity contribution in [2.45, 2.75) is 44.9 Å². The molecule has 1 aliphatic heterocycles. The molecule has 6 heteroatoms. The number of aliphatic carboxylic acids is 1. The van der Waals surface area contributed by atoms with Gasteiger partial charge < -0.3 is 14.9 Å². The maximum absolute atomic E-state index is 12.2. The predicted octanol–water partition coefficient (Wildman–Crippen LogP) is 1.35. The molecule has 22 heavy (non-hydrogen) atoms. The fourth-order valence-corrected chi connectivity index (χ4v) is 3.07. The number of likely N-dealkylation sites (tertiary alicyclic amines) is 1. The second kappa shape index (κ2) is 7.61. The van der Waals surface area contributed by atoms with Crippen LogP contribution in [0.2, 0.25) is 0 Å². The van der Waals surface area contributed by atoms with E-state index < -0.39 is 5.97 Å². The zero-order valence-electron chi connectivity index (χ0n) is 13.3. The van der Waals surface area contributed by atoms with Gasteiger partial charge in [-0.2, -0.15) is 0 Å². The Balaban J connectivity index is 1.69. The Morgan fingerprint density at radius 2 is 1.77 bits per heavy atom. The molecular weight excluding hydrogens is 284 g/mol. The normalized spacial score (nSPS) is 19.6. The Hall–Kier alpha value is -1.59. The van der Waals surface area contributed by atoms with Gasteiger partial charge in [0.15, 0.2) is 0 Å².